The topological polar surface area (TPSA) is 0 Å². The molecule has 0 aliphatic heterocycles. The molecule has 0 aliphatic rings. The van der Waals surface area contributed by atoms with Crippen LogP contribution in [0.2, 0.25) is 0 Å². The molecule has 0 atom stereocenters. The number of hydrogen-bond acceptors (Lipinski definition) is 0. The molecule has 0 amide bonds. The van der Waals surface area contributed by atoms with Gasteiger partial charge in [-0.25, -0.2) is 22.0 Å². The minimum absolute atomic E-state index is 0.0922. The largest absolute Gasteiger partial charge is 0.206 e. The van der Waals surface area contributed by atoms with Gasteiger partial charge in [0.2, 0.25) is 0 Å². The molecule has 0 aliphatic carbocycles. The summed E-state index contributed by atoms with van der Waals surface area (Å²) in [4.78, 5) is 0. The van der Waals surface area contributed by atoms with Crippen LogP contribution in [0.4, 0.5) is 22.0 Å². The average molecular weight is 334 g/mol. The molecule has 0 nitrogen and oxygen atoms in total. The average Bonchev–Trinajstić information content (AvgIpc) is 2.55. The molecule has 0 fully saturated rings. The minimum Gasteiger partial charge on any atom is -0.206 e. The van der Waals surface area contributed by atoms with Crippen LogP contribution in [0.5, 0.6) is 0 Å². The highest BCUT2D eigenvalue weighted by Crippen LogP contribution is 2.34. The van der Waals surface area contributed by atoms with Crippen LogP contribution in [0, 0.1) is 36.0 Å². The zero-order valence-corrected chi connectivity index (χ0v) is 12.5. The first kappa shape index (κ1) is 16.2. The molecular weight excluding hydrogens is 323 g/mol. The fourth-order valence-electron chi connectivity index (χ4n) is 2.59. The van der Waals surface area contributed by atoms with E-state index in [0.717, 1.165) is 12.1 Å². The van der Waals surface area contributed by atoms with E-state index in [1.807, 2.05) is 0 Å². The SMILES string of the molecule is Cc1c(-c2ccccc2F)ccc(-c2cc(F)c(F)c(F)c2)c1F. The van der Waals surface area contributed by atoms with E-state index in [9.17, 15) is 22.0 Å². The second kappa shape index (κ2) is 6.07. The summed E-state index contributed by atoms with van der Waals surface area (Å²) >= 11 is 0. The van der Waals surface area contributed by atoms with Gasteiger partial charge in [0.1, 0.15) is 11.6 Å². The minimum atomic E-state index is -1.61. The lowest BCUT2D eigenvalue weighted by Crippen LogP contribution is -1.97. The van der Waals surface area contributed by atoms with Gasteiger partial charge in [0.25, 0.3) is 0 Å². The molecule has 3 rings (SSSR count). The summed E-state index contributed by atoms with van der Waals surface area (Å²) < 4.78 is 68.4. The van der Waals surface area contributed by atoms with Gasteiger partial charge in [-0.1, -0.05) is 30.3 Å². The molecule has 0 N–H and O–H groups in total. The maximum Gasteiger partial charge on any atom is 0.194 e. The van der Waals surface area contributed by atoms with Crippen molar-refractivity contribution in [1.29, 1.82) is 0 Å². The lowest BCUT2D eigenvalue weighted by molar-refractivity contribution is 0.447. The lowest BCUT2D eigenvalue weighted by atomic mass is 9.94. The molecule has 0 radical (unpaired) electrons. The van der Waals surface area contributed by atoms with Crippen LogP contribution >= 0.6 is 0 Å². The van der Waals surface area contributed by atoms with Crippen LogP contribution in [-0.2, 0) is 0 Å². The van der Waals surface area contributed by atoms with E-state index in [4.69, 9.17) is 0 Å². The van der Waals surface area contributed by atoms with Gasteiger partial charge in [-0.15, -0.1) is 0 Å². The zero-order chi connectivity index (χ0) is 17.4. The Hall–Kier alpha value is -2.69. The third kappa shape index (κ3) is 2.66. The number of rotatable bonds is 2. The molecule has 0 unspecified atom stereocenters. The molecule has 3 aromatic rings. The van der Waals surface area contributed by atoms with E-state index in [1.54, 1.807) is 6.07 Å². The van der Waals surface area contributed by atoms with Crippen LogP contribution in [0.15, 0.2) is 48.5 Å². The summed E-state index contributed by atoms with van der Waals surface area (Å²) in [6.45, 7) is 1.44. The van der Waals surface area contributed by atoms with Gasteiger partial charge in [-0.3, -0.25) is 0 Å². The Morgan fingerprint density at radius 2 is 1.17 bits per heavy atom. The molecule has 0 bridgehead atoms. The van der Waals surface area contributed by atoms with E-state index in [-0.39, 0.29) is 22.3 Å². The van der Waals surface area contributed by atoms with Crippen LogP contribution in [-0.4, -0.2) is 0 Å². The Labute approximate surface area is 135 Å². The Morgan fingerprint density at radius 1 is 0.583 bits per heavy atom. The predicted octanol–water partition coefficient (Wildman–Crippen LogP) is 6.02. The lowest BCUT2D eigenvalue weighted by Gasteiger charge is -2.12. The molecule has 5 heteroatoms. The van der Waals surface area contributed by atoms with Crippen molar-refractivity contribution in [1.82, 2.24) is 0 Å². The van der Waals surface area contributed by atoms with Crippen molar-refractivity contribution in [2.24, 2.45) is 0 Å². The first-order valence-corrected chi connectivity index (χ1v) is 7.09. The van der Waals surface area contributed by atoms with Crippen molar-refractivity contribution >= 4 is 0 Å². The maximum atomic E-state index is 14.7. The van der Waals surface area contributed by atoms with Crippen LogP contribution in [0.3, 0.4) is 0 Å². The van der Waals surface area contributed by atoms with Crippen molar-refractivity contribution < 1.29 is 22.0 Å². The van der Waals surface area contributed by atoms with Crippen molar-refractivity contribution in [3.05, 3.63) is 83.2 Å². The summed E-state index contributed by atoms with van der Waals surface area (Å²) in [6.07, 6.45) is 0. The van der Waals surface area contributed by atoms with Gasteiger partial charge >= 0.3 is 0 Å². The summed E-state index contributed by atoms with van der Waals surface area (Å²) in [6, 6.07) is 10.1. The fourth-order valence-corrected chi connectivity index (χ4v) is 2.59. The third-order valence-electron chi connectivity index (χ3n) is 3.85. The van der Waals surface area contributed by atoms with Gasteiger partial charge < -0.3 is 0 Å². The van der Waals surface area contributed by atoms with Crippen LogP contribution < -0.4 is 0 Å². The highest BCUT2D eigenvalue weighted by molar-refractivity contribution is 5.74. The number of hydrogen-bond donors (Lipinski definition) is 0. The molecule has 0 spiro atoms. The van der Waals surface area contributed by atoms with Gasteiger partial charge in [-0.05, 0) is 41.8 Å². The van der Waals surface area contributed by atoms with Crippen molar-refractivity contribution in [3.8, 4) is 22.3 Å². The maximum absolute atomic E-state index is 14.7. The van der Waals surface area contributed by atoms with Crippen LogP contribution in [0.1, 0.15) is 5.56 Å². The second-order valence-corrected chi connectivity index (χ2v) is 5.33. The molecule has 24 heavy (non-hydrogen) atoms. The Morgan fingerprint density at radius 3 is 1.79 bits per heavy atom. The molecular formula is C19H11F5. The Kier molecular flexibility index (Phi) is 4.09. The van der Waals surface area contributed by atoms with E-state index in [1.165, 1.54) is 37.3 Å². The zero-order valence-electron chi connectivity index (χ0n) is 12.5. The summed E-state index contributed by atoms with van der Waals surface area (Å²) in [5, 5.41) is 0. The number of halogens is 5. The first-order chi connectivity index (χ1) is 11.4. The summed E-state index contributed by atoms with van der Waals surface area (Å²) in [5.74, 6) is -5.67. The highest BCUT2D eigenvalue weighted by Gasteiger charge is 2.17. The molecule has 0 aromatic heterocycles. The normalized spacial score (nSPS) is 10.9. The Bertz CT molecular complexity index is 908. The second-order valence-electron chi connectivity index (χ2n) is 5.33. The summed E-state index contributed by atoms with van der Waals surface area (Å²) in [7, 11) is 0. The van der Waals surface area contributed by atoms with Crippen molar-refractivity contribution in [2.45, 2.75) is 6.92 Å². The molecule has 0 saturated heterocycles. The first-order valence-electron chi connectivity index (χ1n) is 7.09. The monoisotopic (exact) mass is 334 g/mol. The Balaban J connectivity index is 2.17. The van der Waals surface area contributed by atoms with Gasteiger partial charge in [0.15, 0.2) is 17.5 Å². The molecule has 3 aromatic carbocycles. The van der Waals surface area contributed by atoms with Crippen molar-refractivity contribution in [3.63, 3.8) is 0 Å². The smallest absolute Gasteiger partial charge is 0.194 e. The molecule has 0 saturated carbocycles. The van der Waals surface area contributed by atoms with E-state index in [2.05, 4.69) is 0 Å². The van der Waals surface area contributed by atoms with Crippen molar-refractivity contribution in [2.75, 3.05) is 0 Å². The van der Waals surface area contributed by atoms with Crippen LogP contribution in [0.25, 0.3) is 22.3 Å². The molecule has 122 valence electrons. The van der Waals surface area contributed by atoms with Gasteiger partial charge in [0, 0.05) is 11.1 Å². The number of benzene rings is 3. The van der Waals surface area contributed by atoms with E-state index in [0.29, 0.717) is 5.56 Å². The quantitative estimate of drug-likeness (QED) is 0.397. The van der Waals surface area contributed by atoms with Gasteiger partial charge in [-0.2, -0.15) is 0 Å². The van der Waals surface area contributed by atoms with Gasteiger partial charge in [0.05, 0.1) is 0 Å². The predicted molar refractivity (Wildman–Crippen MR) is 81.8 cm³/mol. The van der Waals surface area contributed by atoms with E-state index >= 15 is 0 Å². The summed E-state index contributed by atoms with van der Waals surface area (Å²) in [5.41, 5.74) is 0.453. The standard InChI is InChI=1S/C19H11F5/c1-10-12(14-4-2-3-5-15(14)20)6-7-13(18(10)23)11-8-16(21)19(24)17(22)9-11/h2-9H,1H3. The fraction of sp³-hybridized carbons (Fsp3) is 0.0526. The third-order valence-corrected chi connectivity index (χ3v) is 3.85. The highest BCUT2D eigenvalue weighted by atomic mass is 19.2. The van der Waals surface area contributed by atoms with E-state index < -0.39 is 29.1 Å². The molecule has 0 heterocycles.